The molecular formula is C20H20ClN3O8. The highest BCUT2D eigenvalue weighted by Crippen LogP contribution is 2.28. The van der Waals surface area contributed by atoms with Gasteiger partial charge in [0.25, 0.3) is 17.5 Å². The molecule has 1 atom stereocenters. The first-order valence-corrected chi connectivity index (χ1v) is 9.48. The molecule has 170 valence electrons. The Morgan fingerprint density at radius 1 is 1.09 bits per heavy atom. The van der Waals surface area contributed by atoms with Gasteiger partial charge in [-0.3, -0.25) is 24.5 Å². The van der Waals surface area contributed by atoms with Gasteiger partial charge in [0, 0.05) is 17.7 Å². The first-order valence-electron chi connectivity index (χ1n) is 9.10. The molecule has 2 aromatic carbocycles. The molecule has 0 fully saturated rings. The van der Waals surface area contributed by atoms with Crippen LogP contribution in [-0.2, 0) is 14.3 Å². The number of nitrogens with zero attached hydrogens (tertiary/aromatic N) is 1. The third kappa shape index (κ3) is 6.32. The molecular weight excluding hydrogens is 446 g/mol. The maximum absolute atomic E-state index is 12.2. The fourth-order valence-corrected chi connectivity index (χ4v) is 2.65. The zero-order valence-electron chi connectivity index (χ0n) is 17.3. The molecule has 0 aliphatic heterocycles. The summed E-state index contributed by atoms with van der Waals surface area (Å²) >= 11 is 5.93. The number of hydrogen-bond donors (Lipinski definition) is 2. The van der Waals surface area contributed by atoms with Gasteiger partial charge < -0.3 is 24.8 Å². The lowest BCUT2D eigenvalue weighted by atomic mass is 10.2. The highest BCUT2D eigenvalue weighted by molar-refractivity contribution is 6.33. The molecule has 0 saturated heterocycles. The quantitative estimate of drug-likeness (QED) is 0.326. The van der Waals surface area contributed by atoms with Crippen molar-refractivity contribution in [2.24, 2.45) is 0 Å². The number of nitro groups is 1. The number of amides is 2. The summed E-state index contributed by atoms with van der Waals surface area (Å²) in [4.78, 5) is 46.7. The molecule has 2 N–H and O–H groups in total. The maximum Gasteiger partial charge on any atom is 0.326 e. The molecule has 0 aliphatic carbocycles. The van der Waals surface area contributed by atoms with E-state index in [0.717, 1.165) is 6.07 Å². The van der Waals surface area contributed by atoms with Crippen molar-refractivity contribution in [1.29, 1.82) is 0 Å². The van der Waals surface area contributed by atoms with Crippen LogP contribution in [-0.4, -0.2) is 49.6 Å². The molecule has 0 bridgehead atoms. The van der Waals surface area contributed by atoms with Crippen molar-refractivity contribution in [2.45, 2.75) is 13.0 Å². The molecule has 0 saturated carbocycles. The van der Waals surface area contributed by atoms with E-state index in [1.54, 1.807) is 0 Å². The molecule has 1 unspecified atom stereocenters. The van der Waals surface area contributed by atoms with E-state index in [-0.39, 0.29) is 22.0 Å². The van der Waals surface area contributed by atoms with Crippen LogP contribution in [0.1, 0.15) is 17.3 Å². The number of nitrogens with one attached hydrogen (secondary N) is 2. The minimum absolute atomic E-state index is 0.00415. The summed E-state index contributed by atoms with van der Waals surface area (Å²) in [5.74, 6) is -1.41. The Balaban J connectivity index is 1.91. The third-order valence-corrected chi connectivity index (χ3v) is 4.46. The molecule has 0 aliphatic rings. The second-order valence-corrected chi connectivity index (χ2v) is 6.70. The molecule has 0 aromatic heterocycles. The van der Waals surface area contributed by atoms with Gasteiger partial charge in [0.05, 0.1) is 29.9 Å². The number of rotatable bonds is 9. The molecule has 12 heteroatoms. The Morgan fingerprint density at radius 2 is 1.78 bits per heavy atom. The second kappa shape index (κ2) is 11.0. The number of esters is 1. The SMILES string of the molecule is COc1ccc(C(=O)NCC(=O)OC(C)C(=O)Nc2cc([N+](=O)[O-])ccc2Cl)cc1OC. The summed E-state index contributed by atoms with van der Waals surface area (Å²) < 4.78 is 15.2. The van der Waals surface area contributed by atoms with Crippen LogP contribution in [0.2, 0.25) is 5.02 Å². The number of benzene rings is 2. The minimum atomic E-state index is -1.25. The molecule has 0 heterocycles. The van der Waals surface area contributed by atoms with E-state index in [4.69, 9.17) is 25.8 Å². The largest absolute Gasteiger partial charge is 0.493 e. The summed E-state index contributed by atoms with van der Waals surface area (Å²) in [7, 11) is 2.88. The van der Waals surface area contributed by atoms with Crippen molar-refractivity contribution in [3.63, 3.8) is 0 Å². The van der Waals surface area contributed by atoms with E-state index in [1.165, 1.54) is 51.5 Å². The number of halogens is 1. The van der Waals surface area contributed by atoms with Crippen LogP contribution < -0.4 is 20.1 Å². The number of ether oxygens (including phenoxy) is 3. The summed E-state index contributed by atoms with van der Waals surface area (Å²) in [5.41, 5.74) is -0.0516. The Bertz CT molecular complexity index is 1040. The highest BCUT2D eigenvalue weighted by atomic mass is 35.5. The van der Waals surface area contributed by atoms with E-state index in [9.17, 15) is 24.5 Å². The van der Waals surface area contributed by atoms with Crippen LogP contribution in [0.5, 0.6) is 11.5 Å². The zero-order valence-corrected chi connectivity index (χ0v) is 18.1. The zero-order chi connectivity index (χ0) is 23.8. The van der Waals surface area contributed by atoms with Crippen molar-refractivity contribution in [3.8, 4) is 11.5 Å². The molecule has 0 radical (unpaired) electrons. The van der Waals surface area contributed by atoms with E-state index >= 15 is 0 Å². The van der Waals surface area contributed by atoms with Crippen molar-refractivity contribution < 1.29 is 33.5 Å². The number of anilines is 1. The van der Waals surface area contributed by atoms with Gasteiger partial charge in [-0.15, -0.1) is 0 Å². The Hall–Kier alpha value is -3.86. The van der Waals surface area contributed by atoms with Crippen LogP contribution >= 0.6 is 11.6 Å². The van der Waals surface area contributed by atoms with Crippen molar-refractivity contribution in [1.82, 2.24) is 5.32 Å². The average Bonchev–Trinajstić information content (AvgIpc) is 2.77. The van der Waals surface area contributed by atoms with Gasteiger partial charge in [0.1, 0.15) is 6.54 Å². The first-order chi connectivity index (χ1) is 15.2. The molecule has 11 nitrogen and oxygen atoms in total. The van der Waals surface area contributed by atoms with Gasteiger partial charge in [0.2, 0.25) is 0 Å². The Labute approximate surface area is 187 Å². The van der Waals surface area contributed by atoms with Gasteiger partial charge in [-0.05, 0) is 31.2 Å². The van der Waals surface area contributed by atoms with Crippen molar-refractivity contribution in [3.05, 3.63) is 57.1 Å². The minimum Gasteiger partial charge on any atom is -0.493 e. The lowest BCUT2D eigenvalue weighted by molar-refractivity contribution is -0.384. The second-order valence-electron chi connectivity index (χ2n) is 6.30. The van der Waals surface area contributed by atoms with Crippen LogP contribution in [0.3, 0.4) is 0 Å². The normalized spacial score (nSPS) is 11.1. The molecule has 32 heavy (non-hydrogen) atoms. The van der Waals surface area contributed by atoms with Gasteiger partial charge in [-0.25, -0.2) is 0 Å². The monoisotopic (exact) mass is 465 g/mol. The van der Waals surface area contributed by atoms with Gasteiger partial charge in [0.15, 0.2) is 17.6 Å². The number of hydrogen-bond acceptors (Lipinski definition) is 8. The number of nitro benzene ring substituents is 1. The summed E-state index contributed by atoms with van der Waals surface area (Å²) in [5, 5.41) is 15.7. The van der Waals surface area contributed by atoms with Crippen molar-refractivity contribution >= 4 is 40.8 Å². The summed E-state index contributed by atoms with van der Waals surface area (Å²) in [6, 6.07) is 7.99. The Kier molecular flexibility index (Phi) is 8.36. The molecule has 0 spiro atoms. The summed E-state index contributed by atoms with van der Waals surface area (Å²) in [6.07, 6.45) is -1.25. The van der Waals surface area contributed by atoms with E-state index in [1.807, 2.05) is 0 Å². The predicted molar refractivity (Wildman–Crippen MR) is 114 cm³/mol. The van der Waals surface area contributed by atoms with Crippen molar-refractivity contribution in [2.75, 3.05) is 26.1 Å². The fraction of sp³-hybridized carbons (Fsp3) is 0.250. The lowest BCUT2D eigenvalue weighted by Crippen LogP contribution is -2.35. The maximum atomic E-state index is 12.2. The highest BCUT2D eigenvalue weighted by Gasteiger charge is 2.21. The molecule has 2 amide bonds. The van der Waals surface area contributed by atoms with Crippen LogP contribution in [0, 0.1) is 10.1 Å². The smallest absolute Gasteiger partial charge is 0.326 e. The predicted octanol–water partition coefficient (Wildman–Crippen LogP) is 2.57. The molecule has 2 aromatic rings. The fourth-order valence-electron chi connectivity index (χ4n) is 2.48. The Morgan fingerprint density at radius 3 is 2.41 bits per heavy atom. The van der Waals surface area contributed by atoms with E-state index < -0.39 is 35.4 Å². The number of carbonyl (C=O) groups excluding carboxylic acids is 3. The topological polar surface area (TPSA) is 146 Å². The summed E-state index contributed by atoms with van der Waals surface area (Å²) in [6.45, 7) is 0.803. The lowest BCUT2D eigenvalue weighted by Gasteiger charge is -2.14. The van der Waals surface area contributed by atoms with E-state index in [0.29, 0.717) is 11.5 Å². The molecule has 2 rings (SSSR count). The van der Waals surface area contributed by atoms with Gasteiger partial charge >= 0.3 is 5.97 Å². The van der Waals surface area contributed by atoms with Gasteiger partial charge in [-0.1, -0.05) is 11.6 Å². The average molecular weight is 466 g/mol. The first kappa shape index (κ1) is 24.4. The van der Waals surface area contributed by atoms with Crippen LogP contribution in [0.4, 0.5) is 11.4 Å². The van der Waals surface area contributed by atoms with Gasteiger partial charge in [-0.2, -0.15) is 0 Å². The van der Waals surface area contributed by atoms with E-state index in [2.05, 4.69) is 10.6 Å². The van der Waals surface area contributed by atoms with Crippen LogP contribution in [0.25, 0.3) is 0 Å². The number of carbonyl (C=O) groups is 3. The van der Waals surface area contributed by atoms with Crippen LogP contribution in [0.15, 0.2) is 36.4 Å². The number of non-ortho nitro benzene ring substituents is 1. The third-order valence-electron chi connectivity index (χ3n) is 4.14. The standard InChI is InChI=1S/C20H20ClN3O8/c1-11(19(26)23-15-9-13(24(28)29)5-6-14(15)21)32-18(25)10-22-20(27)12-4-7-16(30-2)17(8-12)31-3/h4-9,11H,10H2,1-3H3,(H,22,27)(H,23,26). The number of methoxy groups -OCH3 is 2.